The molecule has 0 aliphatic carbocycles. The normalized spacial score (nSPS) is 14.2. The third-order valence-corrected chi connectivity index (χ3v) is 6.15. The van der Waals surface area contributed by atoms with Gasteiger partial charge < -0.3 is 19.9 Å². The van der Waals surface area contributed by atoms with Crippen LogP contribution in [0.5, 0.6) is 0 Å². The van der Waals surface area contributed by atoms with Gasteiger partial charge in [-0.1, -0.05) is 18.2 Å². The largest absolute Gasteiger partial charge is 0.383 e. The molecule has 4 rings (SSSR count). The number of para-hydroxylation sites is 1. The van der Waals surface area contributed by atoms with Crippen molar-refractivity contribution in [3.63, 3.8) is 0 Å². The molecule has 0 bridgehead atoms. The minimum absolute atomic E-state index is 0. The Morgan fingerprint density at radius 2 is 1.97 bits per heavy atom. The van der Waals surface area contributed by atoms with Gasteiger partial charge >= 0.3 is 0 Å². The molecule has 1 aromatic carbocycles. The summed E-state index contributed by atoms with van der Waals surface area (Å²) in [5.41, 5.74) is 11.1. The fraction of sp³-hybridized carbons (Fsp3) is 0.417. The van der Waals surface area contributed by atoms with E-state index in [-0.39, 0.29) is 30.7 Å². The van der Waals surface area contributed by atoms with E-state index < -0.39 is 0 Å². The van der Waals surface area contributed by atoms with Crippen LogP contribution in [0.15, 0.2) is 42.7 Å². The number of nitrogens with two attached hydrogens (primary N) is 1. The van der Waals surface area contributed by atoms with E-state index in [4.69, 9.17) is 10.5 Å². The number of piperidine rings is 1. The van der Waals surface area contributed by atoms with Crippen LogP contribution in [0.1, 0.15) is 45.9 Å². The molecule has 1 fully saturated rings. The molecule has 0 spiro atoms. The second-order valence-corrected chi connectivity index (χ2v) is 8.06. The van der Waals surface area contributed by atoms with Gasteiger partial charge in [-0.2, -0.15) is 0 Å². The van der Waals surface area contributed by atoms with Crippen molar-refractivity contribution in [2.45, 2.75) is 38.8 Å². The predicted molar refractivity (Wildman–Crippen MR) is 133 cm³/mol. The number of likely N-dealkylation sites (tertiary alicyclic amines) is 1. The molecule has 1 amide bonds. The van der Waals surface area contributed by atoms with E-state index >= 15 is 0 Å². The standard InChI is InChI=1S/C24H30N4O2.2ClH/c1-17-4-3-5-20-21(16-28(23(17)20)12-13-30-2)24(29)27-10-7-19(8-11-27)22-14-18(15-25)6-9-26-22;;/h3-6,9,14,16,19H,7-8,10-13,15,25H2,1-2H3;2*1H. The molecular formula is C24H32Cl2N4O2. The van der Waals surface area contributed by atoms with Gasteiger partial charge in [-0.3, -0.25) is 9.78 Å². The highest BCUT2D eigenvalue weighted by atomic mass is 35.5. The maximum atomic E-state index is 13.4. The molecule has 32 heavy (non-hydrogen) atoms. The molecule has 2 N–H and O–H groups in total. The van der Waals surface area contributed by atoms with Crippen LogP contribution in [0.3, 0.4) is 0 Å². The van der Waals surface area contributed by atoms with Crippen LogP contribution >= 0.6 is 24.8 Å². The Labute approximate surface area is 201 Å². The molecule has 3 heterocycles. The molecule has 1 aliphatic heterocycles. The summed E-state index contributed by atoms with van der Waals surface area (Å²) in [4.78, 5) is 19.9. The van der Waals surface area contributed by atoms with E-state index in [9.17, 15) is 4.79 Å². The van der Waals surface area contributed by atoms with Gasteiger partial charge in [0.05, 0.1) is 17.7 Å². The maximum Gasteiger partial charge on any atom is 0.256 e. The van der Waals surface area contributed by atoms with Crippen LogP contribution in [0, 0.1) is 6.92 Å². The van der Waals surface area contributed by atoms with E-state index in [2.05, 4.69) is 28.6 Å². The minimum Gasteiger partial charge on any atom is -0.383 e. The first-order valence-electron chi connectivity index (χ1n) is 10.6. The molecule has 0 unspecified atom stereocenters. The van der Waals surface area contributed by atoms with Gasteiger partial charge in [0.2, 0.25) is 0 Å². The summed E-state index contributed by atoms with van der Waals surface area (Å²) in [5, 5.41) is 1.02. The Balaban J connectivity index is 0.00000181. The molecule has 8 heteroatoms. The number of pyridine rings is 1. The third-order valence-electron chi connectivity index (χ3n) is 6.15. The molecule has 0 atom stereocenters. The molecule has 3 aromatic rings. The zero-order chi connectivity index (χ0) is 21.1. The van der Waals surface area contributed by atoms with Crippen LogP contribution in [-0.4, -0.2) is 47.2 Å². The monoisotopic (exact) mass is 478 g/mol. The van der Waals surface area contributed by atoms with Crippen LogP contribution < -0.4 is 5.73 Å². The zero-order valence-electron chi connectivity index (χ0n) is 18.6. The van der Waals surface area contributed by atoms with Crippen molar-refractivity contribution in [3.05, 3.63) is 65.1 Å². The van der Waals surface area contributed by atoms with Gasteiger partial charge in [-0.15, -0.1) is 24.8 Å². The number of benzene rings is 1. The van der Waals surface area contributed by atoms with E-state index in [1.807, 2.05) is 35.5 Å². The highest BCUT2D eigenvalue weighted by Gasteiger charge is 2.27. The Kier molecular flexibility index (Phi) is 9.52. The lowest BCUT2D eigenvalue weighted by Crippen LogP contribution is -2.38. The number of aromatic nitrogens is 2. The summed E-state index contributed by atoms with van der Waals surface area (Å²) in [6.07, 6.45) is 5.69. The Morgan fingerprint density at radius 1 is 1.22 bits per heavy atom. The second kappa shape index (κ2) is 11.7. The average Bonchev–Trinajstić information content (AvgIpc) is 3.17. The molecule has 6 nitrogen and oxygen atoms in total. The molecule has 2 aromatic heterocycles. The van der Waals surface area contributed by atoms with Crippen LogP contribution in [0.25, 0.3) is 10.9 Å². The summed E-state index contributed by atoms with van der Waals surface area (Å²) in [7, 11) is 1.70. The van der Waals surface area contributed by atoms with Crippen LogP contribution in [-0.2, 0) is 17.8 Å². The average molecular weight is 479 g/mol. The molecule has 174 valence electrons. The Hall–Kier alpha value is -2.12. The number of amides is 1. The number of halogens is 2. The fourth-order valence-electron chi connectivity index (χ4n) is 4.48. The number of methoxy groups -OCH3 is 1. The molecule has 1 saturated heterocycles. The number of ether oxygens (including phenoxy) is 1. The fourth-order valence-corrected chi connectivity index (χ4v) is 4.48. The molecule has 0 radical (unpaired) electrons. The number of aryl methyl sites for hydroxylation is 1. The summed E-state index contributed by atoms with van der Waals surface area (Å²) in [6, 6.07) is 10.2. The lowest BCUT2D eigenvalue weighted by atomic mass is 9.92. The highest BCUT2D eigenvalue weighted by Crippen LogP contribution is 2.30. The summed E-state index contributed by atoms with van der Waals surface area (Å²) >= 11 is 0. The minimum atomic E-state index is 0. The first kappa shape index (κ1) is 26.1. The SMILES string of the molecule is COCCn1cc(C(=O)N2CCC(c3cc(CN)ccn3)CC2)c2cccc(C)c21.Cl.Cl. The number of hydrogen-bond donors (Lipinski definition) is 1. The number of fused-ring (bicyclic) bond motifs is 1. The number of carbonyl (C=O) groups excluding carboxylic acids is 1. The summed E-state index contributed by atoms with van der Waals surface area (Å²) in [6.45, 7) is 5.46. The molecule has 0 saturated carbocycles. The van der Waals surface area contributed by atoms with Gasteiger partial charge in [0.25, 0.3) is 5.91 Å². The summed E-state index contributed by atoms with van der Waals surface area (Å²) in [5.74, 6) is 0.495. The Bertz CT molecular complexity index is 1050. The van der Waals surface area contributed by atoms with Gasteiger partial charge in [-0.25, -0.2) is 0 Å². The third kappa shape index (κ3) is 5.26. The highest BCUT2D eigenvalue weighted by molar-refractivity contribution is 6.07. The molecular weight excluding hydrogens is 447 g/mol. The van der Waals surface area contributed by atoms with Crippen LogP contribution in [0.4, 0.5) is 0 Å². The number of hydrogen-bond acceptors (Lipinski definition) is 4. The number of carbonyl (C=O) groups is 1. The van der Waals surface area contributed by atoms with Gasteiger partial charge in [0.15, 0.2) is 0 Å². The van der Waals surface area contributed by atoms with E-state index in [0.717, 1.165) is 60.2 Å². The van der Waals surface area contributed by atoms with Crippen molar-refractivity contribution in [3.8, 4) is 0 Å². The Morgan fingerprint density at radius 3 is 2.66 bits per heavy atom. The smallest absolute Gasteiger partial charge is 0.256 e. The van der Waals surface area contributed by atoms with Crippen molar-refractivity contribution >= 4 is 41.6 Å². The van der Waals surface area contributed by atoms with Gasteiger partial charge in [0, 0.05) is 62.7 Å². The second-order valence-electron chi connectivity index (χ2n) is 8.06. The van der Waals surface area contributed by atoms with Crippen molar-refractivity contribution in [2.75, 3.05) is 26.8 Å². The molecule has 1 aliphatic rings. The lowest BCUT2D eigenvalue weighted by Gasteiger charge is -2.31. The predicted octanol–water partition coefficient (Wildman–Crippen LogP) is 4.31. The van der Waals surface area contributed by atoms with Crippen molar-refractivity contribution in [1.82, 2.24) is 14.5 Å². The van der Waals surface area contributed by atoms with Crippen molar-refractivity contribution in [2.24, 2.45) is 5.73 Å². The maximum absolute atomic E-state index is 13.4. The van der Waals surface area contributed by atoms with Gasteiger partial charge in [0.1, 0.15) is 0 Å². The first-order chi connectivity index (χ1) is 14.6. The zero-order valence-corrected chi connectivity index (χ0v) is 20.3. The topological polar surface area (TPSA) is 73.4 Å². The van der Waals surface area contributed by atoms with Gasteiger partial charge in [-0.05, 0) is 43.0 Å². The van der Waals surface area contributed by atoms with Crippen molar-refractivity contribution in [1.29, 1.82) is 0 Å². The van der Waals surface area contributed by atoms with Crippen molar-refractivity contribution < 1.29 is 9.53 Å². The van der Waals surface area contributed by atoms with E-state index in [0.29, 0.717) is 19.1 Å². The van der Waals surface area contributed by atoms with E-state index in [1.165, 1.54) is 5.56 Å². The first-order valence-corrected chi connectivity index (χ1v) is 10.6. The number of rotatable bonds is 6. The number of nitrogens with zero attached hydrogens (tertiary/aromatic N) is 3. The lowest BCUT2D eigenvalue weighted by molar-refractivity contribution is 0.0713. The quantitative estimate of drug-likeness (QED) is 0.572. The van der Waals surface area contributed by atoms with E-state index in [1.54, 1.807) is 7.11 Å². The summed E-state index contributed by atoms with van der Waals surface area (Å²) < 4.78 is 7.41. The van der Waals surface area contributed by atoms with Crippen LogP contribution in [0.2, 0.25) is 0 Å².